The van der Waals surface area contributed by atoms with E-state index in [1.54, 1.807) is 13.2 Å². The maximum Gasteiger partial charge on any atom is 0.120 e. The second-order valence-electron chi connectivity index (χ2n) is 3.65. The summed E-state index contributed by atoms with van der Waals surface area (Å²) < 4.78 is 5.96. The molecule has 16 heavy (non-hydrogen) atoms. The van der Waals surface area contributed by atoms with Gasteiger partial charge in [0.2, 0.25) is 0 Å². The molecular formula is C12H18BrNO2. The van der Waals surface area contributed by atoms with E-state index < -0.39 is 0 Å². The molecule has 0 aliphatic carbocycles. The van der Waals surface area contributed by atoms with E-state index >= 15 is 0 Å². The van der Waals surface area contributed by atoms with Crippen molar-refractivity contribution in [1.29, 1.82) is 0 Å². The van der Waals surface area contributed by atoms with Gasteiger partial charge in [-0.2, -0.15) is 0 Å². The van der Waals surface area contributed by atoms with Crippen LogP contribution in [0.25, 0.3) is 0 Å². The molecule has 1 aromatic rings. The van der Waals surface area contributed by atoms with Crippen LogP contribution in [0.5, 0.6) is 5.75 Å². The Hall–Kier alpha value is -0.580. The Morgan fingerprint density at radius 1 is 1.38 bits per heavy atom. The predicted octanol–water partition coefficient (Wildman–Crippen LogP) is 2.67. The number of methoxy groups -OCH3 is 1. The van der Waals surface area contributed by atoms with Crippen molar-refractivity contribution in [2.75, 3.05) is 20.3 Å². The normalized spacial score (nSPS) is 10.6. The van der Waals surface area contributed by atoms with Crippen molar-refractivity contribution < 1.29 is 9.84 Å². The molecule has 4 heteroatoms. The molecule has 90 valence electrons. The number of phenols is 1. The van der Waals surface area contributed by atoms with Gasteiger partial charge in [-0.3, -0.25) is 0 Å². The Morgan fingerprint density at radius 2 is 2.19 bits per heavy atom. The molecule has 0 unspecified atom stereocenters. The van der Waals surface area contributed by atoms with Crippen LogP contribution >= 0.6 is 15.9 Å². The summed E-state index contributed by atoms with van der Waals surface area (Å²) in [5.74, 6) is 0.340. The molecule has 0 aromatic heterocycles. The van der Waals surface area contributed by atoms with Crippen molar-refractivity contribution in [3.63, 3.8) is 0 Å². The Balaban J connectivity index is 2.23. The molecule has 0 aliphatic heterocycles. The molecule has 0 spiro atoms. The topological polar surface area (TPSA) is 41.5 Å². The lowest BCUT2D eigenvalue weighted by Gasteiger charge is -2.07. The van der Waals surface area contributed by atoms with Crippen molar-refractivity contribution >= 4 is 15.9 Å². The average molecular weight is 288 g/mol. The SMILES string of the molecule is COCCCCNCc1cc(Br)ccc1O. The zero-order valence-corrected chi connectivity index (χ0v) is 11.1. The molecule has 0 amide bonds. The van der Waals surface area contributed by atoms with Gasteiger partial charge in [-0.05, 0) is 37.6 Å². The molecule has 1 aromatic carbocycles. The van der Waals surface area contributed by atoms with Crippen LogP contribution < -0.4 is 5.32 Å². The Morgan fingerprint density at radius 3 is 2.94 bits per heavy atom. The van der Waals surface area contributed by atoms with Gasteiger partial charge >= 0.3 is 0 Å². The quantitative estimate of drug-likeness (QED) is 0.758. The van der Waals surface area contributed by atoms with Crippen LogP contribution in [0.15, 0.2) is 22.7 Å². The molecule has 0 radical (unpaired) electrons. The van der Waals surface area contributed by atoms with Crippen LogP contribution in [-0.4, -0.2) is 25.4 Å². The summed E-state index contributed by atoms with van der Waals surface area (Å²) in [5.41, 5.74) is 0.918. The monoisotopic (exact) mass is 287 g/mol. The number of rotatable bonds is 7. The number of aromatic hydroxyl groups is 1. The molecule has 0 aliphatic rings. The third-order valence-electron chi connectivity index (χ3n) is 2.31. The number of benzene rings is 1. The summed E-state index contributed by atoms with van der Waals surface area (Å²) in [7, 11) is 1.72. The molecule has 0 heterocycles. The zero-order chi connectivity index (χ0) is 11.8. The minimum atomic E-state index is 0.340. The molecular weight excluding hydrogens is 270 g/mol. The number of ether oxygens (including phenoxy) is 1. The lowest BCUT2D eigenvalue weighted by Crippen LogP contribution is -2.15. The minimum absolute atomic E-state index is 0.340. The van der Waals surface area contributed by atoms with Gasteiger partial charge in [0.15, 0.2) is 0 Å². The number of nitrogens with one attached hydrogen (secondary N) is 1. The standard InChI is InChI=1S/C12H18BrNO2/c1-16-7-3-2-6-14-9-10-8-11(13)4-5-12(10)15/h4-5,8,14-15H,2-3,6-7,9H2,1H3. The summed E-state index contributed by atoms with van der Waals surface area (Å²) in [4.78, 5) is 0. The van der Waals surface area contributed by atoms with Gasteiger partial charge in [0.25, 0.3) is 0 Å². The van der Waals surface area contributed by atoms with E-state index in [9.17, 15) is 5.11 Å². The molecule has 0 saturated carbocycles. The predicted molar refractivity (Wildman–Crippen MR) is 68.6 cm³/mol. The highest BCUT2D eigenvalue weighted by Crippen LogP contribution is 2.21. The Bertz CT molecular complexity index is 318. The first-order valence-corrected chi connectivity index (χ1v) is 6.20. The second-order valence-corrected chi connectivity index (χ2v) is 4.57. The number of hydrogen-bond acceptors (Lipinski definition) is 3. The van der Waals surface area contributed by atoms with Gasteiger partial charge < -0.3 is 15.2 Å². The van der Waals surface area contributed by atoms with Crippen molar-refractivity contribution in [2.24, 2.45) is 0 Å². The third-order valence-corrected chi connectivity index (χ3v) is 2.80. The Labute approximate surface area is 105 Å². The van der Waals surface area contributed by atoms with E-state index in [1.807, 2.05) is 12.1 Å². The van der Waals surface area contributed by atoms with Crippen LogP contribution in [0, 0.1) is 0 Å². The Kier molecular flexibility index (Phi) is 6.45. The van der Waals surface area contributed by atoms with Crippen molar-refractivity contribution in [3.05, 3.63) is 28.2 Å². The maximum atomic E-state index is 9.59. The first-order valence-electron chi connectivity index (χ1n) is 5.41. The highest BCUT2D eigenvalue weighted by molar-refractivity contribution is 9.10. The summed E-state index contributed by atoms with van der Waals surface area (Å²) >= 11 is 3.38. The van der Waals surface area contributed by atoms with Crippen molar-refractivity contribution in [2.45, 2.75) is 19.4 Å². The van der Waals surface area contributed by atoms with Gasteiger partial charge in [-0.1, -0.05) is 15.9 Å². The zero-order valence-electron chi connectivity index (χ0n) is 9.50. The van der Waals surface area contributed by atoms with Crippen LogP contribution in [-0.2, 0) is 11.3 Å². The van der Waals surface area contributed by atoms with E-state index in [2.05, 4.69) is 21.2 Å². The van der Waals surface area contributed by atoms with E-state index in [-0.39, 0.29) is 0 Å². The van der Waals surface area contributed by atoms with Gasteiger partial charge in [-0.15, -0.1) is 0 Å². The molecule has 0 saturated heterocycles. The largest absolute Gasteiger partial charge is 0.508 e. The number of hydrogen-bond donors (Lipinski definition) is 2. The lowest BCUT2D eigenvalue weighted by atomic mass is 10.2. The van der Waals surface area contributed by atoms with Crippen molar-refractivity contribution in [3.8, 4) is 5.75 Å². The first kappa shape index (κ1) is 13.5. The molecule has 2 N–H and O–H groups in total. The van der Waals surface area contributed by atoms with Crippen molar-refractivity contribution in [1.82, 2.24) is 5.32 Å². The fourth-order valence-corrected chi connectivity index (χ4v) is 1.82. The minimum Gasteiger partial charge on any atom is -0.508 e. The fourth-order valence-electron chi connectivity index (χ4n) is 1.42. The van der Waals surface area contributed by atoms with Gasteiger partial charge in [0.1, 0.15) is 5.75 Å². The van der Waals surface area contributed by atoms with Crippen LogP contribution in [0.4, 0.5) is 0 Å². The number of halogens is 1. The lowest BCUT2D eigenvalue weighted by molar-refractivity contribution is 0.192. The smallest absolute Gasteiger partial charge is 0.120 e. The summed E-state index contributed by atoms with van der Waals surface area (Å²) in [5, 5.41) is 12.9. The fraction of sp³-hybridized carbons (Fsp3) is 0.500. The van der Waals surface area contributed by atoms with Gasteiger partial charge in [0, 0.05) is 30.3 Å². The summed E-state index contributed by atoms with van der Waals surface area (Å²) in [6, 6.07) is 5.46. The molecule has 0 fully saturated rings. The van der Waals surface area contributed by atoms with E-state index in [4.69, 9.17) is 4.74 Å². The summed E-state index contributed by atoms with van der Waals surface area (Å²) in [6.07, 6.45) is 2.15. The third kappa shape index (κ3) is 4.96. The van der Waals surface area contributed by atoms with Crippen LogP contribution in [0.2, 0.25) is 0 Å². The average Bonchev–Trinajstić information content (AvgIpc) is 2.28. The highest BCUT2D eigenvalue weighted by atomic mass is 79.9. The molecule has 1 rings (SSSR count). The molecule has 0 bridgehead atoms. The highest BCUT2D eigenvalue weighted by Gasteiger charge is 2.00. The molecule has 0 atom stereocenters. The number of phenolic OH excluding ortho intramolecular Hbond substituents is 1. The second kappa shape index (κ2) is 7.65. The van der Waals surface area contributed by atoms with Crippen LogP contribution in [0.3, 0.4) is 0 Å². The van der Waals surface area contributed by atoms with Crippen LogP contribution in [0.1, 0.15) is 18.4 Å². The van der Waals surface area contributed by atoms with E-state index in [1.165, 1.54) is 0 Å². The first-order chi connectivity index (χ1) is 7.74. The van der Waals surface area contributed by atoms with Gasteiger partial charge in [0.05, 0.1) is 0 Å². The number of unbranched alkanes of at least 4 members (excludes halogenated alkanes) is 1. The maximum absolute atomic E-state index is 9.59. The van der Waals surface area contributed by atoms with Gasteiger partial charge in [-0.25, -0.2) is 0 Å². The molecule has 3 nitrogen and oxygen atoms in total. The van der Waals surface area contributed by atoms with E-state index in [0.717, 1.165) is 36.0 Å². The van der Waals surface area contributed by atoms with E-state index in [0.29, 0.717) is 12.3 Å². The summed E-state index contributed by atoms with van der Waals surface area (Å²) in [6.45, 7) is 2.44.